The van der Waals surface area contributed by atoms with Gasteiger partial charge in [-0.1, -0.05) is 18.2 Å². The van der Waals surface area contributed by atoms with E-state index in [0.29, 0.717) is 37.6 Å². The first-order valence-electron chi connectivity index (χ1n) is 10.1. The fourth-order valence-electron chi connectivity index (χ4n) is 3.68. The predicted molar refractivity (Wildman–Crippen MR) is 116 cm³/mol. The van der Waals surface area contributed by atoms with E-state index >= 15 is 0 Å². The fraction of sp³-hybridized carbons (Fsp3) is 0.261. The van der Waals surface area contributed by atoms with Gasteiger partial charge in [0.2, 0.25) is 0 Å². The third-order valence-electron chi connectivity index (χ3n) is 5.27. The number of nitrogens with zero attached hydrogens (tertiary/aromatic N) is 3. The van der Waals surface area contributed by atoms with Crippen molar-refractivity contribution in [1.82, 2.24) is 9.78 Å². The third-order valence-corrected chi connectivity index (χ3v) is 5.27. The van der Waals surface area contributed by atoms with E-state index in [0.717, 1.165) is 5.69 Å². The van der Waals surface area contributed by atoms with E-state index in [9.17, 15) is 14.7 Å². The molecule has 2 aromatic carbocycles. The summed E-state index contributed by atoms with van der Waals surface area (Å²) in [5.74, 6) is -1.59. The molecular formula is C23H23N3O6. The number of hydrogen-bond donors (Lipinski definition) is 1. The number of carbonyl (C=O) groups is 2. The van der Waals surface area contributed by atoms with Gasteiger partial charge in [0.1, 0.15) is 17.0 Å². The van der Waals surface area contributed by atoms with Gasteiger partial charge in [-0.2, -0.15) is 5.10 Å². The van der Waals surface area contributed by atoms with Crippen LogP contribution in [0.15, 0.2) is 48.5 Å². The van der Waals surface area contributed by atoms with E-state index in [1.807, 2.05) is 12.1 Å². The standard InChI is InChI=1S/C23H23N3O6/c1-30-22(28)19-20(17-9-8-16(14-18(17)27)25-10-12-32-13-11-25)24-26(21(19)23(29)31-2)15-6-4-3-5-7-15/h3-9,14,27H,10-13H2,1-2H3. The van der Waals surface area contributed by atoms with Crippen LogP contribution < -0.4 is 4.90 Å². The van der Waals surface area contributed by atoms with Crippen LogP contribution in [0.4, 0.5) is 5.69 Å². The minimum absolute atomic E-state index is 0.0757. The van der Waals surface area contributed by atoms with Crippen LogP contribution in [0.1, 0.15) is 20.8 Å². The van der Waals surface area contributed by atoms with Crippen molar-refractivity contribution in [1.29, 1.82) is 0 Å². The molecule has 1 aromatic heterocycles. The summed E-state index contributed by atoms with van der Waals surface area (Å²) >= 11 is 0. The number of hydrogen-bond acceptors (Lipinski definition) is 8. The maximum atomic E-state index is 12.7. The second kappa shape index (κ2) is 9.11. The summed E-state index contributed by atoms with van der Waals surface area (Å²) < 4.78 is 16.6. The second-order valence-corrected chi connectivity index (χ2v) is 7.10. The lowest BCUT2D eigenvalue weighted by molar-refractivity contribution is 0.0549. The Balaban J connectivity index is 1.89. The van der Waals surface area contributed by atoms with E-state index in [2.05, 4.69) is 10.00 Å². The molecule has 9 heteroatoms. The lowest BCUT2D eigenvalue weighted by Crippen LogP contribution is -2.36. The Kier molecular flexibility index (Phi) is 6.09. The van der Waals surface area contributed by atoms with Crippen molar-refractivity contribution in [2.75, 3.05) is 45.4 Å². The van der Waals surface area contributed by atoms with Gasteiger partial charge in [-0.3, -0.25) is 0 Å². The van der Waals surface area contributed by atoms with Crippen LogP contribution in [0.2, 0.25) is 0 Å². The molecule has 1 fully saturated rings. The fourth-order valence-corrected chi connectivity index (χ4v) is 3.68. The van der Waals surface area contributed by atoms with E-state index in [1.54, 1.807) is 36.4 Å². The number of aromatic hydroxyl groups is 1. The first-order valence-corrected chi connectivity index (χ1v) is 10.1. The van der Waals surface area contributed by atoms with Gasteiger partial charge in [-0.15, -0.1) is 0 Å². The largest absolute Gasteiger partial charge is 0.507 e. The number of carbonyl (C=O) groups excluding carboxylic acids is 2. The normalized spacial score (nSPS) is 13.6. The van der Waals surface area contributed by atoms with Crippen molar-refractivity contribution in [2.24, 2.45) is 0 Å². The molecule has 1 saturated heterocycles. The lowest BCUT2D eigenvalue weighted by atomic mass is 10.0. The van der Waals surface area contributed by atoms with Crippen LogP contribution in [-0.4, -0.2) is 67.3 Å². The van der Waals surface area contributed by atoms with Gasteiger partial charge in [0.05, 0.1) is 33.1 Å². The summed E-state index contributed by atoms with van der Waals surface area (Å²) in [7, 11) is 2.44. The smallest absolute Gasteiger partial charge is 0.357 e. The zero-order valence-electron chi connectivity index (χ0n) is 17.8. The quantitative estimate of drug-likeness (QED) is 0.608. The van der Waals surface area contributed by atoms with E-state index < -0.39 is 11.9 Å². The number of methoxy groups -OCH3 is 2. The number of esters is 2. The summed E-state index contributed by atoms with van der Waals surface area (Å²) in [4.78, 5) is 27.5. The lowest BCUT2D eigenvalue weighted by Gasteiger charge is -2.29. The Bertz CT molecular complexity index is 1140. The van der Waals surface area contributed by atoms with Crippen molar-refractivity contribution in [3.05, 3.63) is 59.8 Å². The van der Waals surface area contributed by atoms with E-state index in [-0.39, 0.29) is 22.7 Å². The minimum atomic E-state index is -0.765. The van der Waals surface area contributed by atoms with Crippen LogP contribution in [0, 0.1) is 0 Å². The topological polar surface area (TPSA) is 103 Å². The Labute approximate surface area is 184 Å². The van der Waals surface area contributed by atoms with Crippen LogP contribution in [0.25, 0.3) is 16.9 Å². The van der Waals surface area contributed by atoms with Gasteiger partial charge >= 0.3 is 11.9 Å². The molecule has 2 heterocycles. The molecule has 32 heavy (non-hydrogen) atoms. The molecule has 0 saturated carbocycles. The molecule has 1 aliphatic rings. The number of rotatable bonds is 5. The van der Waals surface area contributed by atoms with Gasteiger partial charge in [-0.05, 0) is 24.3 Å². The maximum Gasteiger partial charge on any atom is 0.357 e. The summed E-state index contributed by atoms with van der Waals surface area (Å²) in [5.41, 5.74) is 1.61. The maximum absolute atomic E-state index is 12.7. The Morgan fingerprint density at radius 3 is 2.28 bits per heavy atom. The SMILES string of the molecule is COC(=O)c1c(-c2ccc(N3CCOCC3)cc2O)nn(-c2ccccc2)c1C(=O)OC. The average Bonchev–Trinajstić information content (AvgIpc) is 3.24. The zero-order chi connectivity index (χ0) is 22.7. The molecular weight excluding hydrogens is 414 g/mol. The Hall–Kier alpha value is -3.85. The Morgan fingerprint density at radius 1 is 0.969 bits per heavy atom. The number of para-hydroxylation sites is 1. The highest BCUT2D eigenvalue weighted by atomic mass is 16.5. The molecule has 0 unspecified atom stereocenters. The zero-order valence-corrected chi connectivity index (χ0v) is 17.8. The molecule has 0 radical (unpaired) electrons. The molecule has 0 spiro atoms. The molecule has 0 bridgehead atoms. The molecule has 166 valence electrons. The number of anilines is 1. The van der Waals surface area contributed by atoms with Crippen LogP contribution in [0.3, 0.4) is 0 Å². The number of ether oxygens (including phenoxy) is 3. The number of morpholine rings is 1. The molecule has 9 nitrogen and oxygen atoms in total. The first kappa shape index (κ1) is 21.4. The van der Waals surface area contributed by atoms with E-state index in [1.165, 1.54) is 18.9 Å². The van der Waals surface area contributed by atoms with Crippen molar-refractivity contribution in [3.63, 3.8) is 0 Å². The number of benzene rings is 2. The number of phenolic OH excluding ortho intramolecular Hbond substituents is 1. The van der Waals surface area contributed by atoms with Crippen molar-refractivity contribution < 1.29 is 28.9 Å². The molecule has 0 amide bonds. The summed E-state index contributed by atoms with van der Waals surface area (Å²) in [5, 5.41) is 15.4. The van der Waals surface area contributed by atoms with Crippen LogP contribution in [0.5, 0.6) is 5.75 Å². The number of aromatic nitrogens is 2. The minimum Gasteiger partial charge on any atom is -0.507 e. The van der Waals surface area contributed by atoms with Crippen LogP contribution >= 0.6 is 0 Å². The molecule has 1 N–H and O–H groups in total. The highest BCUT2D eigenvalue weighted by Crippen LogP contribution is 2.36. The summed E-state index contributed by atoms with van der Waals surface area (Å²) in [6.45, 7) is 2.64. The monoisotopic (exact) mass is 437 g/mol. The Morgan fingerprint density at radius 2 is 1.66 bits per heavy atom. The van der Waals surface area contributed by atoms with Gasteiger partial charge in [0.15, 0.2) is 5.69 Å². The molecule has 0 aliphatic carbocycles. The van der Waals surface area contributed by atoms with Gasteiger partial charge in [-0.25, -0.2) is 14.3 Å². The second-order valence-electron chi connectivity index (χ2n) is 7.10. The summed E-state index contributed by atoms with van der Waals surface area (Å²) in [6, 6.07) is 14.0. The van der Waals surface area contributed by atoms with Crippen molar-refractivity contribution in [2.45, 2.75) is 0 Å². The van der Waals surface area contributed by atoms with Gasteiger partial charge in [0.25, 0.3) is 0 Å². The highest BCUT2D eigenvalue weighted by molar-refractivity contribution is 6.07. The third kappa shape index (κ3) is 3.90. The van der Waals surface area contributed by atoms with Crippen LogP contribution in [-0.2, 0) is 14.2 Å². The number of phenols is 1. The van der Waals surface area contributed by atoms with E-state index in [4.69, 9.17) is 14.2 Å². The summed E-state index contributed by atoms with van der Waals surface area (Å²) in [6.07, 6.45) is 0. The first-order chi connectivity index (χ1) is 15.5. The molecule has 4 rings (SSSR count). The molecule has 0 atom stereocenters. The van der Waals surface area contributed by atoms with Crippen molar-refractivity contribution in [3.8, 4) is 22.7 Å². The van der Waals surface area contributed by atoms with Crippen molar-refractivity contribution >= 4 is 17.6 Å². The molecule has 1 aliphatic heterocycles. The van der Waals surface area contributed by atoms with Gasteiger partial charge in [0, 0.05) is 30.4 Å². The average molecular weight is 437 g/mol. The van der Waals surface area contributed by atoms with Gasteiger partial charge < -0.3 is 24.2 Å². The predicted octanol–water partition coefficient (Wildman–Crippen LogP) is 2.65. The highest BCUT2D eigenvalue weighted by Gasteiger charge is 2.32. The molecule has 3 aromatic rings.